The first-order valence-electron chi connectivity index (χ1n) is 7.15. The number of benzene rings is 1. The van der Waals surface area contributed by atoms with Crippen molar-refractivity contribution in [3.8, 4) is 0 Å². The van der Waals surface area contributed by atoms with E-state index in [4.69, 9.17) is 0 Å². The molecule has 1 aromatic carbocycles. The molecule has 2 atom stereocenters. The number of anilines is 1. The fourth-order valence-electron chi connectivity index (χ4n) is 3.01. The molecule has 2 rings (SSSR count). The Morgan fingerprint density at radius 2 is 1.95 bits per heavy atom. The maximum Gasteiger partial charge on any atom is 0.0604 e. The largest absolute Gasteiger partial charge is 0.395 e. The van der Waals surface area contributed by atoms with Crippen molar-refractivity contribution in [3.05, 3.63) is 29.3 Å². The van der Waals surface area contributed by atoms with E-state index in [2.05, 4.69) is 55.8 Å². The summed E-state index contributed by atoms with van der Waals surface area (Å²) < 4.78 is 0. The second-order valence-corrected chi connectivity index (χ2v) is 6.01. The van der Waals surface area contributed by atoms with Gasteiger partial charge in [-0.15, -0.1) is 0 Å². The monoisotopic (exact) mass is 262 g/mol. The van der Waals surface area contributed by atoms with Gasteiger partial charge in [0.1, 0.15) is 0 Å². The van der Waals surface area contributed by atoms with Crippen molar-refractivity contribution in [2.24, 2.45) is 5.92 Å². The van der Waals surface area contributed by atoms with Gasteiger partial charge in [-0.2, -0.15) is 0 Å². The summed E-state index contributed by atoms with van der Waals surface area (Å²) in [6.45, 7) is 9.88. The molecule has 3 heteroatoms. The number of hydrogen-bond donors (Lipinski definition) is 1. The molecule has 0 saturated carbocycles. The molecule has 1 saturated heterocycles. The highest BCUT2D eigenvalue weighted by Gasteiger charge is 2.26. The van der Waals surface area contributed by atoms with E-state index in [1.54, 1.807) is 0 Å². The van der Waals surface area contributed by atoms with Gasteiger partial charge in [0.2, 0.25) is 0 Å². The number of likely N-dealkylation sites (N-methyl/N-ethyl adjacent to an activating group) is 1. The molecule has 0 aromatic heterocycles. The molecule has 1 N–H and O–H groups in total. The third-order valence-corrected chi connectivity index (χ3v) is 4.31. The van der Waals surface area contributed by atoms with Gasteiger partial charge in [0.25, 0.3) is 0 Å². The van der Waals surface area contributed by atoms with Crippen molar-refractivity contribution in [3.63, 3.8) is 0 Å². The molecule has 0 amide bonds. The van der Waals surface area contributed by atoms with Crippen LogP contribution in [0.1, 0.15) is 18.1 Å². The van der Waals surface area contributed by atoms with E-state index in [0.29, 0.717) is 5.92 Å². The number of rotatable bonds is 2. The van der Waals surface area contributed by atoms with Crippen LogP contribution in [0.4, 0.5) is 5.69 Å². The number of aliphatic hydroxyl groups is 1. The van der Waals surface area contributed by atoms with Gasteiger partial charge >= 0.3 is 0 Å². The summed E-state index contributed by atoms with van der Waals surface area (Å²) in [5.74, 6) is 0.612. The first kappa shape index (κ1) is 14.4. The SMILES string of the molecule is Cc1cccc(N2CC(C)CN(C)C(CO)C2)c1C. The predicted molar refractivity (Wildman–Crippen MR) is 80.8 cm³/mol. The molecule has 3 nitrogen and oxygen atoms in total. The van der Waals surface area contributed by atoms with Crippen LogP contribution >= 0.6 is 0 Å². The van der Waals surface area contributed by atoms with Crippen LogP contribution in [0.3, 0.4) is 0 Å². The molecule has 106 valence electrons. The Morgan fingerprint density at radius 1 is 1.21 bits per heavy atom. The van der Waals surface area contributed by atoms with Gasteiger partial charge in [0.15, 0.2) is 0 Å². The Hall–Kier alpha value is -1.06. The van der Waals surface area contributed by atoms with Crippen molar-refractivity contribution in [2.45, 2.75) is 26.8 Å². The van der Waals surface area contributed by atoms with Crippen LogP contribution in [0.25, 0.3) is 0 Å². The maximum atomic E-state index is 9.59. The quantitative estimate of drug-likeness (QED) is 0.883. The van der Waals surface area contributed by atoms with Crippen LogP contribution in [0, 0.1) is 19.8 Å². The normalized spacial score (nSPS) is 25.4. The van der Waals surface area contributed by atoms with E-state index in [1.165, 1.54) is 16.8 Å². The number of hydrogen-bond acceptors (Lipinski definition) is 3. The molecule has 1 fully saturated rings. The molecular formula is C16H26N2O. The van der Waals surface area contributed by atoms with Crippen molar-refractivity contribution < 1.29 is 5.11 Å². The van der Waals surface area contributed by atoms with Gasteiger partial charge in [-0.05, 0) is 44.0 Å². The van der Waals surface area contributed by atoms with Gasteiger partial charge in [0, 0.05) is 31.4 Å². The molecule has 1 heterocycles. The van der Waals surface area contributed by atoms with Crippen LogP contribution in [-0.2, 0) is 0 Å². The molecule has 0 bridgehead atoms. The highest BCUT2D eigenvalue weighted by Crippen LogP contribution is 2.26. The van der Waals surface area contributed by atoms with E-state index in [9.17, 15) is 5.11 Å². The smallest absolute Gasteiger partial charge is 0.0604 e. The Morgan fingerprint density at radius 3 is 2.63 bits per heavy atom. The molecule has 1 aliphatic heterocycles. The molecule has 0 radical (unpaired) electrons. The molecular weight excluding hydrogens is 236 g/mol. The van der Waals surface area contributed by atoms with Crippen molar-refractivity contribution in [1.82, 2.24) is 4.90 Å². The van der Waals surface area contributed by atoms with Crippen LogP contribution in [-0.4, -0.2) is 49.3 Å². The van der Waals surface area contributed by atoms with E-state index < -0.39 is 0 Å². The Kier molecular flexibility index (Phi) is 4.48. The third kappa shape index (κ3) is 3.10. The predicted octanol–water partition coefficient (Wildman–Crippen LogP) is 2.05. The van der Waals surface area contributed by atoms with Crippen molar-refractivity contribution >= 4 is 5.69 Å². The lowest BCUT2D eigenvalue weighted by Crippen LogP contribution is -2.41. The fourth-order valence-corrected chi connectivity index (χ4v) is 3.01. The van der Waals surface area contributed by atoms with Crippen molar-refractivity contribution in [1.29, 1.82) is 0 Å². The minimum absolute atomic E-state index is 0.227. The Bertz CT molecular complexity index is 433. The van der Waals surface area contributed by atoms with E-state index >= 15 is 0 Å². The lowest BCUT2D eigenvalue weighted by Gasteiger charge is -2.30. The Balaban J connectivity index is 2.29. The zero-order valence-corrected chi connectivity index (χ0v) is 12.6. The fraction of sp³-hybridized carbons (Fsp3) is 0.625. The van der Waals surface area contributed by atoms with Crippen molar-refractivity contribution in [2.75, 3.05) is 38.2 Å². The van der Waals surface area contributed by atoms with E-state index in [-0.39, 0.29) is 12.6 Å². The summed E-state index contributed by atoms with van der Waals surface area (Å²) in [5, 5.41) is 9.59. The van der Waals surface area contributed by atoms with Crippen LogP contribution in [0.5, 0.6) is 0 Å². The summed E-state index contributed by atoms with van der Waals surface area (Å²) in [4.78, 5) is 4.73. The summed E-state index contributed by atoms with van der Waals surface area (Å²) >= 11 is 0. The maximum absolute atomic E-state index is 9.59. The summed E-state index contributed by atoms with van der Waals surface area (Å²) in [7, 11) is 2.12. The van der Waals surface area contributed by atoms with Gasteiger partial charge in [-0.3, -0.25) is 4.90 Å². The van der Waals surface area contributed by atoms with Crippen LogP contribution in [0.15, 0.2) is 18.2 Å². The average molecular weight is 262 g/mol. The second-order valence-electron chi connectivity index (χ2n) is 6.01. The van der Waals surface area contributed by atoms with E-state index in [0.717, 1.165) is 19.6 Å². The zero-order chi connectivity index (χ0) is 14.0. The molecule has 1 aromatic rings. The number of aryl methyl sites for hydroxylation is 1. The second kappa shape index (κ2) is 5.93. The van der Waals surface area contributed by atoms with Gasteiger partial charge < -0.3 is 10.0 Å². The van der Waals surface area contributed by atoms with Crippen LogP contribution in [0.2, 0.25) is 0 Å². The zero-order valence-electron chi connectivity index (χ0n) is 12.6. The van der Waals surface area contributed by atoms with Gasteiger partial charge in [-0.1, -0.05) is 19.1 Å². The van der Waals surface area contributed by atoms with Gasteiger partial charge in [-0.25, -0.2) is 0 Å². The van der Waals surface area contributed by atoms with Gasteiger partial charge in [0.05, 0.1) is 6.61 Å². The minimum atomic E-state index is 0.227. The summed E-state index contributed by atoms with van der Waals surface area (Å²) in [5.41, 5.74) is 4.01. The average Bonchev–Trinajstić information content (AvgIpc) is 2.51. The highest BCUT2D eigenvalue weighted by molar-refractivity contribution is 5.56. The summed E-state index contributed by atoms with van der Waals surface area (Å²) in [6, 6.07) is 6.72. The first-order valence-corrected chi connectivity index (χ1v) is 7.15. The minimum Gasteiger partial charge on any atom is -0.395 e. The van der Waals surface area contributed by atoms with Crippen LogP contribution < -0.4 is 4.90 Å². The third-order valence-electron chi connectivity index (χ3n) is 4.31. The number of aliphatic hydroxyl groups excluding tert-OH is 1. The molecule has 19 heavy (non-hydrogen) atoms. The lowest BCUT2D eigenvalue weighted by molar-refractivity contribution is 0.151. The topological polar surface area (TPSA) is 26.7 Å². The first-order chi connectivity index (χ1) is 9.02. The molecule has 0 spiro atoms. The standard InChI is InChI=1S/C16H26N2O/c1-12-8-17(4)15(11-19)10-18(9-12)16-7-5-6-13(2)14(16)3/h5-7,12,15,19H,8-11H2,1-4H3. The highest BCUT2D eigenvalue weighted by atomic mass is 16.3. The molecule has 2 unspecified atom stereocenters. The lowest BCUT2D eigenvalue weighted by atomic mass is 10.1. The molecule has 1 aliphatic rings. The Labute approximate surface area is 116 Å². The number of nitrogens with zero attached hydrogens (tertiary/aromatic N) is 2. The molecule has 0 aliphatic carbocycles. The van der Waals surface area contributed by atoms with E-state index in [1.807, 2.05) is 0 Å². The summed E-state index contributed by atoms with van der Waals surface area (Å²) in [6.07, 6.45) is 0.